The molecule has 5 nitrogen and oxygen atoms in total. The molecule has 0 saturated carbocycles. The van der Waals surface area contributed by atoms with Crippen molar-refractivity contribution in [2.45, 2.75) is 13.0 Å². The number of rotatable bonds is 6. The molecule has 0 bridgehead atoms. The number of piperazine rings is 1. The predicted octanol–water partition coefficient (Wildman–Crippen LogP) is 2.12. The highest BCUT2D eigenvalue weighted by Crippen LogP contribution is 2.24. The van der Waals surface area contributed by atoms with Gasteiger partial charge in [-0.1, -0.05) is 6.07 Å². The van der Waals surface area contributed by atoms with Crippen LogP contribution in [0.3, 0.4) is 0 Å². The van der Waals surface area contributed by atoms with Crippen LogP contribution < -0.4 is 0 Å². The number of ether oxygens (including phenoxy) is 1. The second kappa shape index (κ2) is 8.07. The maximum Gasteiger partial charge on any atom is 0.219 e. The molecule has 0 radical (unpaired) electrons. The summed E-state index contributed by atoms with van der Waals surface area (Å²) in [4.78, 5) is 15.5. The molecular formula is C18H24N2O3S. The second-order valence-corrected chi connectivity index (χ2v) is 7.10. The standard InChI is InChI=1S/C18H24N2O3S/c1-14(21)20-7-5-19(6-8-20)9-10-23-13-17(22)15-2-3-18-16(12-15)4-11-24-18/h2-4,11-12,17,22H,5-10,13H2,1H3. The first-order valence-electron chi connectivity index (χ1n) is 8.34. The summed E-state index contributed by atoms with van der Waals surface area (Å²) in [5.74, 6) is 0.150. The maximum absolute atomic E-state index is 11.3. The monoisotopic (exact) mass is 348 g/mol. The van der Waals surface area contributed by atoms with E-state index in [4.69, 9.17) is 4.74 Å². The van der Waals surface area contributed by atoms with Crippen LogP contribution in [-0.2, 0) is 9.53 Å². The molecule has 6 heteroatoms. The number of carbonyl (C=O) groups excluding carboxylic acids is 1. The third-order valence-corrected chi connectivity index (χ3v) is 5.40. The largest absolute Gasteiger partial charge is 0.386 e. The molecule has 0 aliphatic carbocycles. The third kappa shape index (κ3) is 4.33. The number of hydrogen-bond donors (Lipinski definition) is 1. The van der Waals surface area contributed by atoms with Gasteiger partial charge in [0.15, 0.2) is 0 Å². The van der Waals surface area contributed by atoms with Gasteiger partial charge < -0.3 is 14.7 Å². The molecule has 0 spiro atoms. The summed E-state index contributed by atoms with van der Waals surface area (Å²) in [6.45, 7) is 6.72. The highest BCUT2D eigenvalue weighted by Gasteiger charge is 2.18. The van der Waals surface area contributed by atoms with Gasteiger partial charge in [-0.3, -0.25) is 9.69 Å². The van der Waals surface area contributed by atoms with Crippen LogP contribution in [0.1, 0.15) is 18.6 Å². The Hall–Kier alpha value is -1.47. The molecule has 130 valence electrons. The van der Waals surface area contributed by atoms with E-state index in [0.717, 1.165) is 38.3 Å². The van der Waals surface area contributed by atoms with Gasteiger partial charge in [-0.25, -0.2) is 0 Å². The van der Waals surface area contributed by atoms with Crippen molar-refractivity contribution in [1.29, 1.82) is 0 Å². The molecule has 3 rings (SSSR count). The van der Waals surface area contributed by atoms with Crippen LogP contribution in [0.15, 0.2) is 29.6 Å². The first-order valence-corrected chi connectivity index (χ1v) is 9.22. The summed E-state index contributed by atoms with van der Waals surface area (Å²) in [6.07, 6.45) is -0.594. The van der Waals surface area contributed by atoms with Gasteiger partial charge in [0.1, 0.15) is 6.10 Å². The van der Waals surface area contributed by atoms with Gasteiger partial charge in [0.25, 0.3) is 0 Å². The number of benzene rings is 1. The van der Waals surface area contributed by atoms with Crippen LogP contribution in [0.4, 0.5) is 0 Å². The number of hydrogen-bond acceptors (Lipinski definition) is 5. The number of carbonyl (C=O) groups is 1. The van der Waals surface area contributed by atoms with Crippen LogP contribution in [0.2, 0.25) is 0 Å². The summed E-state index contributed by atoms with van der Waals surface area (Å²) < 4.78 is 6.88. The minimum absolute atomic E-state index is 0.150. The lowest BCUT2D eigenvalue weighted by atomic mass is 10.1. The molecule has 2 heterocycles. The number of nitrogens with zero attached hydrogens (tertiary/aromatic N) is 2. The van der Waals surface area contributed by atoms with E-state index in [-0.39, 0.29) is 5.91 Å². The Balaban J connectivity index is 1.38. The van der Waals surface area contributed by atoms with Crippen LogP contribution >= 0.6 is 11.3 Å². The van der Waals surface area contributed by atoms with Gasteiger partial charge in [0, 0.05) is 44.3 Å². The minimum atomic E-state index is -0.594. The maximum atomic E-state index is 11.3. The van der Waals surface area contributed by atoms with Gasteiger partial charge in [-0.05, 0) is 34.5 Å². The third-order valence-electron chi connectivity index (χ3n) is 4.51. The fourth-order valence-electron chi connectivity index (χ4n) is 2.96. The zero-order valence-corrected chi connectivity index (χ0v) is 14.8. The summed E-state index contributed by atoms with van der Waals surface area (Å²) in [5.41, 5.74) is 0.899. The molecular weight excluding hydrogens is 324 g/mol. The molecule has 1 amide bonds. The van der Waals surface area contributed by atoms with Crippen LogP contribution in [-0.4, -0.2) is 66.8 Å². The number of thiophene rings is 1. The average molecular weight is 348 g/mol. The second-order valence-electron chi connectivity index (χ2n) is 6.16. The van der Waals surface area contributed by atoms with Crippen molar-refractivity contribution in [3.63, 3.8) is 0 Å². The molecule has 1 saturated heterocycles. The zero-order valence-electron chi connectivity index (χ0n) is 14.0. The minimum Gasteiger partial charge on any atom is -0.386 e. The first-order chi connectivity index (χ1) is 11.6. The molecule has 24 heavy (non-hydrogen) atoms. The van der Waals surface area contributed by atoms with Gasteiger partial charge >= 0.3 is 0 Å². The van der Waals surface area contributed by atoms with E-state index in [1.807, 2.05) is 23.1 Å². The van der Waals surface area contributed by atoms with Crippen molar-refractivity contribution in [2.75, 3.05) is 45.9 Å². The topological polar surface area (TPSA) is 53.0 Å². The highest BCUT2D eigenvalue weighted by molar-refractivity contribution is 7.17. The van der Waals surface area contributed by atoms with E-state index < -0.39 is 6.10 Å². The van der Waals surface area contributed by atoms with Crippen molar-refractivity contribution in [1.82, 2.24) is 9.80 Å². The average Bonchev–Trinajstić information content (AvgIpc) is 3.06. The fourth-order valence-corrected chi connectivity index (χ4v) is 3.73. The Morgan fingerprint density at radius 3 is 2.83 bits per heavy atom. The summed E-state index contributed by atoms with van der Waals surface area (Å²) >= 11 is 1.70. The van der Waals surface area contributed by atoms with Gasteiger partial charge in [-0.15, -0.1) is 11.3 Å². The van der Waals surface area contributed by atoms with Crippen molar-refractivity contribution in [3.8, 4) is 0 Å². The first kappa shape index (κ1) is 17.4. The van der Waals surface area contributed by atoms with Crippen LogP contribution in [0.25, 0.3) is 10.1 Å². The molecule has 1 aliphatic rings. The lowest BCUT2D eigenvalue weighted by molar-refractivity contribution is -0.130. The Bertz CT molecular complexity index is 680. The number of amides is 1. The SMILES string of the molecule is CC(=O)N1CCN(CCOCC(O)c2ccc3sccc3c2)CC1. The van der Waals surface area contributed by atoms with Gasteiger partial charge in [-0.2, -0.15) is 0 Å². The van der Waals surface area contributed by atoms with E-state index in [1.165, 1.54) is 10.1 Å². The molecule has 1 N–H and O–H groups in total. The van der Waals surface area contributed by atoms with Crippen molar-refractivity contribution < 1.29 is 14.6 Å². The van der Waals surface area contributed by atoms with Crippen molar-refractivity contribution in [2.24, 2.45) is 0 Å². The Morgan fingerprint density at radius 1 is 1.29 bits per heavy atom. The van der Waals surface area contributed by atoms with E-state index in [9.17, 15) is 9.90 Å². The molecule has 1 aromatic heterocycles. The molecule has 1 aromatic carbocycles. The molecule has 1 aliphatic heterocycles. The lowest BCUT2D eigenvalue weighted by Gasteiger charge is -2.34. The van der Waals surface area contributed by atoms with E-state index in [1.54, 1.807) is 18.3 Å². The van der Waals surface area contributed by atoms with Gasteiger partial charge in [0.2, 0.25) is 5.91 Å². The van der Waals surface area contributed by atoms with Gasteiger partial charge in [0.05, 0.1) is 13.2 Å². The summed E-state index contributed by atoms with van der Waals surface area (Å²) in [6, 6.07) is 8.11. The molecule has 1 atom stereocenters. The van der Waals surface area contributed by atoms with E-state index in [2.05, 4.69) is 16.3 Å². The van der Waals surface area contributed by atoms with Crippen LogP contribution in [0, 0.1) is 0 Å². The number of aliphatic hydroxyl groups excluding tert-OH is 1. The van der Waals surface area contributed by atoms with E-state index in [0.29, 0.717) is 13.2 Å². The molecule has 2 aromatic rings. The Kier molecular flexibility index (Phi) is 5.84. The summed E-state index contributed by atoms with van der Waals surface area (Å²) in [7, 11) is 0. The smallest absolute Gasteiger partial charge is 0.219 e. The highest BCUT2D eigenvalue weighted by atomic mass is 32.1. The lowest BCUT2D eigenvalue weighted by Crippen LogP contribution is -2.48. The Labute approximate surface area is 146 Å². The molecule has 1 unspecified atom stereocenters. The zero-order chi connectivity index (χ0) is 16.9. The summed E-state index contributed by atoms with van der Waals surface area (Å²) in [5, 5.41) is 13.5. The van der Waals surface area contributed by atoms with Crippen molar-refractivity contribution in [3.05, 3.63) is 35.2 Å². The van der Waals surface area contributed by atoms with E-state index >= 15 is 0 Å². The quantitative estimate of drug-likeness (QED) is 0.813. The predicted molar refractivity (Wildman–Crippen MR) is 96.3 cm³/mol. The normalized spacial score (nSPS) is 17.3. The number of fused-ring (bicyclic) bond motifs is 1. The fraction of sp³-hybridized carbons (Fsp3) is 0.500. The Morgan fingerprint density at radius 2 is 2.08 bits per heavy atom. The molecule has 1 fully saturated rings. The number of aliphatic hydroxyl groups is 1. The van der Waals surface area contributed by atoms with Crippen molar-refractivity contribution >= 4 is 27.3 Å². The van der Waals surface area contributed by atoms with Crippen LogP contribution in [0.5, 0.6) is 0 Å².